The number of rotatable bonds is 4. The maximum Gasteiger partial charge on any atom is 0.338 e. The first-order valence-corrected chi connectivity index (χ1v) is 13.1. The van der Waals surface area contributed by atoms with Crippen LogP contribution in [-0.2, 0) is 9.53 Å². The number of halogens is 2. The van der Waals surface area contributed by atoms with E-state index in [1.165, 1.54) is 22.7 Å². The van der Waals surface area contributed by atoms with Crippen molar-refractivity contribution >= 4 is 79.9 Å². The monoisotopic (exact) mass is 678 g/mol. The molecule has 6 nitrogen and oxygen atoms in total. The summed E-state index contributed by atoms with van der Waals surface area (Å²) in [6.07, 6.45) is 1.79. The summed E-state index contributed by atoms with van der Waals surface area (Å²) in [5.41, 5.74) is 1.54. The first-order chi connectivity index (χ1) is 14.8. The largest absolute Gasteiger partial charge is 0.506 e. The second-order valence-electron chi connectivity index (χ2n) is 6.65. The molecular weight excluding hydrogens is 662 g/mol. The fraction of sp³-hybridized carbons (Fsp3) is 0.190. The van der Waals surface area contributed by atoms with Gasteiger partial charge in [0, 0.05) is 4.88 Å². The molecule has 0 amide bonds. The van der Waals surface area contributed by atoms with Crippen molar-refractivity contribution in [3.63, 3.8) is 0 Å². The predicted molar refractivity (Wildman–Crippen MR) is 138 cm³/mol. The summed E-state index contributed by atoms with van der Waals surface area (Å²) in [6, 6.07) is 6.88. The molecule has 1 aliphatic heterocycles. The number of thiazole rings is 1. The van der Waals surface area contributed by atoms with Crippen LogP contribution < -0.4 is 14.9 Å². The van der Waals surface area contributed by atoms with Gasteiger partial charge in [0.1, 0.15) is 11.8 Å². The minimum Gasteiger partial charge on any atom is -0.506 e. The summed E-state index contributed by atoms with van der Waals surface area (Å²) in [4.78, 5) is 32.2. The van der Waals surface area contributed by atoms with E-state index in [0.717, 1.165) is 10.4 Å². The third-order valence-corrected chi connectivity index (χ3v) is 8.22. The van der Waals surface area contributed by atoms with Gasteiger partial charge in [0.05, 0.1) is 29.5 Å². The van der Waals surface area contributed by atoms with Crippen molar-refractivity contribution in [3.05, 3.63) is 78.2 Å². The van der Waals surface area contributed by atoms with Gasteiger partial charge < -0.3 is 9.84 Å². The van der Waals surface area contributed by atoms with Gasteiger partial charge in [-0.05, 0) is 94.2 Å². The van der Waals surface area contributed by atoms with Gasteiger partial charge in [-0.3, -0.25) is 9.36 Å². The third-order valence-electron chi connectivity index (χ3n) is 4.67. The highest BCUT2D eigenvalue weighted by Crippen LogP contribution is 2.33. The average molecular weight is 678 g/mol. The summed E-state index contributed by atoms with van der Waals surface area (Å²) < 4.78 is 8.79. The molecule has 10 heteroatoms. The molecule has 0 fully saturated rings. The molecule has 0 bridgehead atoms. The Morgan fingerprint density at radius 2 is 2.06 bits per heavy atom. The summed E-state index contributed by atoms with van der Waals surface area (Å²) in [6.45, 7) is 3.77. The van der Waals surface area contributed by atoms with Crippen molar-refractivity contribution in [3.8, 4) is 5.75 Å². The molecule has 0 saturated carbocycles. The number of phenolic OH excluding ortho intramolecular Hbond substituents is 1. The third kappa shape index (κ3) is 4.26. The number of allylic oxidation sites excluding steroid dienone is 1. The Hall–Kier alpha value is -1.51. The smallest absolute Gasteiger partial charge is 0.338 e. The maximum atomic E-state index is 13.5. The Balaban J connectivity index is 1.94. The summed E-state index contributed by atoms with van der Waals surface area (Å²) in [5.74, 6) is -0.230. The first-order valence-electron chi connectivity index (χ1n) is 9.23. The van der Waals surface area contributed by atoms with Gasteiger partial charge in [-0.15, -0.1) is 11.3 Å². The van der Waals surface area contributed by atoms with Crippen LogP contribution in [0.2, 0.25) is 0 Å². The Morgan fingerprint density at radius 3 is 2.68 bits per heavy atom. The highest BCUT2D eigenvalue weighted by Gasteiger charge is 2.33. The van der Waals surface area contributed by atoms with Gasteiger partial charge in [0.2, 0.25) is 0 Å². The summed E-state index contributed by atoms with van der Waals surface area (Å²) in [7, 11) is 0. The number of hydrogen-bond donors (Lipinski definition) is 1. The number of ether oxygens (including phenoxy) is 1. The molecular formula is C21H16I2N2O4S2. The van der Waals surface area contributed by atoms with E-state index in [9.17, 15) is 14.7 Å². The molecule has 31 heavy (non-hydrogen) atoms. The number of aromatic hydroxyl groups is 1. The van der Waals surface area contributed by atoms with Gasteiger partial charge in [0.15, 0.2) is 4.80 Å². The Labute approximate surface area is 212 Å². The molecule has 2 aromatic heterocycles. The van der Waals surface area contributed by atoms with Gasteiger partial charge in [-0.2, -0.15) is 0 Å². The van der Waals surface area contributed by atoms with Gasteiger partial charge in [-0.1, -0.05) is 17.4 Å². The fourth-order valence-electron chi connectivity index (χ4n) is 3.33. The molecule has 3 aromatic rings. The number of thiophene rings is 1. The normalized spacial score (nSPS) is 16.3. The fourth-order valence-corrected chi connectivity index (χ4v) is 7.01. The zero-order valence-electron chi connectivity index (χ0n) is 16.4. The number of hydrogen-bond acceptors (Lipinski definition) is 7. The highest BCUT2D eigenvalue weighted by molar-refractivity contribution is 14.1. The van der Waals surface area contributed by atoms with Crippen LogP contribution in [0.4, 0.5) is 0 Å². The number of carbonyl (C=O) groups is 1. The van der Waals surface area contributed by atoms with Crippen molar-refractivity contribution in [1.29, 1.82) is 0 Å². The lowest BCUT2D eigenvalue weighted by atomic mass is 10.0. The van der Waals surface area contributed by atoms with E-state index in [0.29, 0.717) is 27.7 Å². The molecule has 1 aliphatic rings. The van der Waals surface area contributed by atoms with Crippen LogP contribution in [0.5, 0.6) is 5.75 Å². The molecule has 0 spiro atoms. The molecule has 0 saturated heterocycles. The number of nitrogens with zero attached hydrogens (tertiary/aromatic N) is 2. The Morgan fingerprint density at radius 1 is 1.35 bits per heavy atom. The molecule has 3 heterocycles. The van der Waals surface area contributed by atoms with Crippen LogP contribution in [0.1, 0.15) is 30.3 Å². The van der Waals surface area contributed by atoms with E-state index < -0.39 is 12.0 Å². The van der Waals surface area contributed by atoms with Gasteiger partial charge in [0.25, 0.3) is 5.56 Å². The molecule has 1 aromatic carbocycles. The Bertz CT molecular complexity index is 1360. The number of esters is 1. The topological polar surface area (TPSA) is 80.9 Å². The van der Waals surface area contributed by atoms with E-state index in [2.05, 4.69) is 50.2 Å². The zero-order valence-corrected chi connectivity index (χ0v) is 22.3. The van der Waals surface area contributed by atoms with Crippen molar-refractivity contribution in [2.75, 3.05) is 6.61 Å². The predicted octanol–water partition coefficient (Wildman–Crippen LogP) is 3.77. The van der Waals surface area contributed by atoms with Gasteiger partial charge in [-0.25, -0.2) is 9.79 Å². The number of carbonyl (C=O) groups excluding carboxylic acids is 1. The lowest BCUT2D eigenvalue weighted by molar-refractivity contribution is -0.139. The molecule has 160 valence electrons. The SMILES string of the molecule is CCOC(=O)C1=C(C)N=c2s/c(=C/c3cc(I)c(O)c(I)c3)c(=O)n2[C@H]1c1cccs1. The van der Waals surface area contributed by atoms with E-state index in [-0.39, 0.29) is 17.9 Å². The summed E-state index contributed by atoms with van der Waals surface area (Å²) in [5, 5.41) is 11.9. The lowest BCUT2D eigenvalue weighted by Crippen LogP contribution is -2.39. The van der Waals surface area contributed by atoms with E-state index >= 15 is 0 Å². The minimum absolute atomic E-state index is 0.213. The number of benzene rings is 1. The van der Waals surface area contributed by atoms with Crippen LogP contribution in [0.15, 0.2) is 50.7 Å². The van der Waals surface area contributed by atoms with Crippen LogP contribution in [-0.4, -0.2) is 22.2 Å². The van der Waals surface area contributed by atoms with Crippen molar-refractivity contribution in [2.45, 2.75) is 19.9 Å². The average Bonchev–Trinajstić information content (AvgIpc) is 3.34. The Kier molecular flexibility index (Phi) is 6.70. The lowest BCUT2D eigenvalue weighted by Gasteiger charge is -2.23. The van der Waals surface area contributed by atoms with Crippen LogP contribution >= 0.6 is 67.9 Å². The van der Waals surface area contributed by atoms with Crippen molar-refractivity contribution in [2.24, 2.45) is 4.99 Å². The molecule has 1 atom stereocenters. The highest BCUT2D eigenvalue weighted by atomic mass is 127. The minimum atomic E-state index is -0.572. The first kappa shape index (κ1) is 22.7. The number of phenols is 1. The van der Waals surface area contributed by atoms with Gasteiger partial charge >= 0.3 is 5.97 Å². The van der Waals surface area contributed by atoms with E-state index in [1.807, 2.05) is 29.6 Å². The molecule has 0 unspecified atom stereocenters. The maximum absolute atomic E-state index is 13.5. The van der Waals surface area contributed by atoms with Crippen molar-refractivity contribution in [1.82, 2.24) is 4.57 Å². The standard InChI is InChI=1S/C21H16I2N2O4S2/c1-3-29-20(28)16-10(2)24-21-25(17(16)14-5-4-6-30-14)19(27)15(31-21)9-11-7-12(22)18(26)13(23)8-11/h4-9,17,26H,3H2,1-2H3/b15-9+/t17-/m0/s1. The van der Waals surface area contributed by atoms with Crippen LogP contribution in [0.25, 0.3) is 6.08 Å². The number of aromatic nitrogens is 1. The molecule has 1 N–H and O–H groups in total. The second-order valence-corrected chi connectivity index (χ2v) is 11.0. The van der Waals surface area contributed by atoms with Crippen LogP contribution in [0.3, 0.4) is 0 Å². The summed E-state index contributed by atoms with van der Waals surface area (Å²) >= 11 is 6.90. The zero-order chi connectivity index (χ0) is 22.3. The van der Waals surface area contributed by atoms with E-state index in [4.69, 9.17) is 4.74 Å². The second kappa shape index (κ2) is 9.16. The van der Waals surface area contributed by atoms with E-state index in [1.54, 1.807) is 24.5 Å². The number of fused-ring (bicyclic) bond motifs is 1. The van der Waals surface area contributed by atoms with Crippen LogP contribution in [0, 0.1) is 7.14 Å². The molecule has 4 rings (SSSR count). The molecule has 0 aliphatic carbocycles. The molecule has 0 radical (unpaired) electrons. The quantitative estimate of drug-likeness (QED) is 0.337. The van der Waals surface area contributed by atoms with Crippen molar-refractivity contribution < 1.29 is 14.6 Å².